The minimum atomic E-state index is -0.492. The molecule has 0 bridgehead atoms. The lowest BCUT2D eigenvalue weighted by Gasteiger charge is -2.20. The van der Waals surface area contributed by atoms with Gasteiger partial charge in [-0.2, -0.15) is 0 Å². The molecule has 1 aromatic rings. The molecule has 0 saturated carbocycles. The first-order valence-electron chi connectivity index (χ1n) is 7.75. The average Bonchev–Trinajstić information content (AvgIpc) is 2.50. The second-order valence-electron chi connectivity index (χ2n) is 5.48. The van der Waals surface area contributed by atoms with E-state index in [0.717, 1.165) is 25.0 Å². The van der Waals surface area contributed by atoms with Crippen molar-refractivity contribution in [1.82, 2.24) is 20.5 Å². The Bertz CT molecular complexity index is 504. The molecule has 0 fully saturated rings. The zero-order chi connectivity index (χ0) is 17.2. The van der Waals surface area contributed by atoms with Crippen LogP contribution in [-0.2, 0) is 9.59 Å². The molecular formula is C15H25N5O3. The molecule has 0 aliphatic carbocycles. The number of hydrazine groups is 1. The van der Waals surface area contributed by atoms with Gasteiger partial charge in [0.1, 0.15) is 11.6 Å². The summed E-state index contributed by atoms with van der Waals surface area (Å²) in [6, 6.07) is 1.71. The molecule has 1 atom stereocenters. The van der Waals surface area contributed by atoms with Gasteiger partial charge in [-0.1, -0.05) is 26.2 Å². The summed E-state index contributed by atoms with van der Waals surface area (Å²) in [7, 11) is 0. The molecule has 0 aliphatic rings. The molecule has 2 amide bonds. The highest BCUT2D eigenvalue weighted by atomic mass is 16.5. The molecule has 0 aliphatic heterocycles. The van der Waals surface area contributed by atoms with Gasteiger partial charge in [0.25, 0.3) is 0 Å². The van der Waals surface area contributed by atoms with Crippen molar-refractivity contribution in [3.63, 3.8) is 0 Å². The van der Waals surface area contributed by atoms with Gasteiger partial charge in [-0.25, -0.2) is 15.0 Å². The molecule has 0 saturated heterocycles. The summed E-state index contributed by atoms with van der Waals surface area (Å²) in [4.78, 5) is 31.1. The predicted molar refractivity (Wildman–Crippen MR) is 85.5 cm³/mol. The highest BCUT2D eigenvalue weighted by molar-refractivity contribution is 5.80. The molecule has 3 N–H and O–H groups in total. The second-order valence-corrected chi connectivity index (χ2v) is 5.48. The van der Waals surface area contributed by atoms with Crippen LogP contribution in [-0.4, -0.2) is 39.1 Å². The van der Waals surface area contributed by atoms with Gasteiger partial charge in [0.2, 0.25) is 12.3 Å². The number of rotatable bonds is 10. The van der Waals surface area contributed by atoms with Crippen molar-refractivity contribution in [2.24, 2.45) is 5.92 Å². The normalized spacial score (nSPS) is 11.7. The molecule has 0 aromatic carbocycles. The number of hydrogen-bond acceptors (Lipinski definition) is 6. The van der Waals surface area contributed by atoms with Crippen LogP contribution in [0.4, 0.5) is 5.82 Å². The molecule has 1 aromatic heterocycles. The van der Waals surface area contributed by atoms with Crippen LogP contribution in [0, 0.1) is 19.8 Å². The lowest BCUT2D eigenvalue weighted by molar-refractivity contribution is -0.154. The maximum Gasteiger partial charge on any atom is 0.243 e. The number of hydroxylamine groups is 2. The quantitative estimate of drug-likeness (QED) is 0.261. The summed E-state index contributed by atoms with van der Waals surface area (Å²) >= 11 is 0. The fraction of sp³-hybridized carbons (Fsp3) is 0.600. The molecule has 8 heteroatoms. The van der Waals surface area contributed by atoms with Gasteiger partial charge in [-0.3, -0.25) is 25.6 Å². The number of hydrogen-bond donors (Lipinski definition) is 3. The van der Waals surface area contributed by atoms with Gasteiger partial charge < -0.3 is 0 Å². The Morgan fingerprint density at radius 1 is 1.39 bits per heavy atom. The van der Waals surface area contributed by atoms with E-state index < -0.39 is 5.92 Å². The Morgan fingerprint density at radius 3 is 2.74 bits per heavy atom. The van der Waals surface area contributed by atoms with Crippen molar-refractivity contribution < 1.29 is 14.8 Å². The number of anilines is 1. The molecule has 0 spiro atoms. The van der Waals surface area contributed by atoms with Crippen LogP contribution >= 0.6 is 0 Å². The number of aromatic nitrogens is 2. The van der Waals surface area contributed by atoms with Crippen molar-refractivity contribution >= 4 is 18.1 Å². The summed E-state index contributed by atoms with van der Waals surface area (Å²) < 4.78 is 0. The number of nitrogens with one attached hydrogen (secondary N) is 2. The van der Waals surface area contributed by atoms with E-state index in [4.69, 9.17) is 0 Å². The van der Waals surface area contributed by atoms with E-state index in [9.17, 15) is 14.8 Å². The molecule has 23 heavy (non-hydrogen) atoms. The summed E-state index contributed by atoms with van der Waals surface area (Å²) in [5.74, 6) is 0.305. The lowest BCUT2D eigenvalue weighted by Crippen LogP contribution is -2.40. The highest BCUT2D eigenvalue weighted by Crippen LogP contribution is 2.12. The van der Waals surface area contributed by atoms with Crippen molar-refractivity contribution in [1.29, 1.82) is 0 Å². The number of amides is 2. The summed E-state index contributed by atoms with van der Waals surface area (Å²) in [6.45, 7) is 5.63. The van der Waals surface area contributed by atoms with Gasteiger partial charge in [0, 0.05) is 11.8 Å². The third-order valence-corrected chi connectivity index (χ3v) is 3.34. The van der Waals surface area contributed by atoms with E-state index in [-0.39, 0.29) is 12.5 Å². The topological polar surface area (TPSA) is 107 Å². The monoisotopic (exact) mass is 323 g/mol. The first-order valence-corrected chi connectivity index (χ1v) is 7.75. The summed E-state index contributed by atoms with van der Waals surface area (Å²) in [6.07, 6.45) is 3.77. The van der Waals surface area contributed by atoms with E-state index in [1.54, 1.807) is 13.0 Å². The van der Waals surface area contributed by atoms with Crippen LogP contribution in [0.5, 0.6) is 0 Å². The minimum absolute atomic E-state index is 0.0391. The Hall–Kier alpha value is -2.22. The van der Waals surface area contributed by atoms with E-state index in [0.29, 0.717) is 29.5 Å². The summed E-state index contributed by atoms with van der Waals surface area (Å²) in [5.41, 5.74) is 6.11. The van der Waals surface area contributed by atoms with Crippen molar-refractivity contribution in [3.05, 3.63) is 17.6 Å². The number of unbranched alkanes of at least 4 members (excludes halogenated alkanes) is 2. The number of carbonyl (C=O) groups excluding carboxylic acids is 2. The first kappa shape index (κ1) is 18.8. The predicted octanol–water partition coefficient (Wildman–Crippen LogP) is 1.58. The van der Waals surface area contributed by atoms with Crippen LogP contribution in [0.3, 0.4) is 0 Å². The Labute approximate surface area is 136 Å². The van der Waals surface area contributed by atoms with E-state index >= 15 is 0 Å². The van der Waals surface area contributed by atoms with Gasteiger partial charge in [0.15, 0.2) is 0 Å². The van der Waals surface area contributed by atoms with Crippen LogP contribution in [0.2, 0.25) is 0 Å². The van der Waals surface area contributed by atoms with Gasteiger partial charge in [-0.05, 0) is 20.3 Å². The zero-order valence-electron chi connectivity index (χ0n) is 13.9. The third-order valence-electron chi connectivity index (χ3n) is 3.34. The van der Waals surface area contributed by atoms with E-state index in [2.05, 4.69) is 27.7 Å². The Morgan fingerprint density at radius 2 is 2.13 bits per heavy atom. The molecule has 1 heterocycles. The summed E-state index contributed by atoms with van der Waals surface area (Å²) in [5, 5.41) is 9.83. The number of nitrogens with zero attached hydrogens (tertiary/aromatic N) is 3. The number of aryl methyl sites for hydroxylation is 2. The highest BCUT2D eigenvalue weighted by Gasteiger charge is 2.20. The van der Waals surface area contributed by atoms with Crippen molar-refractivity contribution in [2.75, 3.05) is 12.0 Å². The third kappa shape index (κ3) is 7.05. The lowest BCUT2D eigenvalue weighted by atomic mass is 10.0. The van der Waals surface area contributed by atoms with Crippen molar-refractivity contribution in [2.45, 2.75) is 46.5 Å². The van der Waals surface area contributed by atoms with Crippen LogP contribution in [0.25, 0.3) is 0 Å². The van der Waals surface area contributed by atoms with Gasteiger partial charge in [0.05, 0.1) is 12.5 Å². The van der Waals surface area contributed by atoms with E-state index in [1.165, 1.54) is 0 Å². The van der Waals surface area contributed by atoms with Crippen LogP contribution in [0.15, 0.2) is 6.07 Å². The fourth-order valence-corrected chi connectivity index (χ4v) is 2.22. The number of carbonyl (C=O) groups is 2. The minimum Gasteiger partial charge on any atom is -0.286 e. The molecule has 8 nitrogen and oxygen atoms in total. The second kappa shape index (κ2) is 9.73. The smallest absolute Gasteiger partial charge is 0.243 e. The van der Waals surface area contributed by atoms with Crippen LogP contribution in [0.1, 0.15) is 44.1 Å². The average molecular weight is 323 g/mol. The molecular weight excluding hydrogens is 298 g/mol. The van der Waals surface area contributed by atoms with Gasteiger partial charge in [-0.15, -0.1) is 0 Å². The van der Waals surface area contributed by atoms with Crippen molar-refractivity contribution in [3.8, 4) is 0 Å². The largest absolute Gasteiger partial charge is 0.286 e. The Kier molecular flexibility index (Phi) is 7.96. The maximum atomic E-state index is 12.3. The Balaban J connectivity index is 2.61. The zero-order valence-corrected chi connectivity index (χ0v) is 13.9. The van der Waals surface area contributed by atoms with Crippen LogP contribution < -0.4 is 10.9 Å². The maximum absolute atomic E-state index is 12.3. The molecule has 1 rings (SSSR count). The molecule has 0 radical (unpaired) electrons. The standard InChI is InChI=1S/C15H25N5O3/c1-4-5-6-7-13(9-20(23)10-21)15(22)19-18-14-8-11(2)16-12(3)17-14/h8,10,13,23H,4-7,9H2,1-3H3,(H,19,22)(H,16,17,18). The van der Waals surface area contributed by atoms with E-state index in [1.807, 2.05) is 6.92 Å². The molecule has 128 valence electrons. The fourth-order valence-electron chi connectivity index (χ4n) is 2.22. The first-order chi connectivity index (χ1) is 11.0. The molecule has 1 unspecified atom stereocenters. The SMILES string of the molecule is CCCCCC(CN(O)C=O)C(=O)NNc1cc(C)nc(C)n1. The van der Waals surface area contributed by atoms with Gasteiger partial charge >= 0.3 is 0 Å².